The molecule has 10 heavy (non-hydrogen) atoms. The van der Waals surface area contributed by atoms with Gasteiger partial charge in [0.1, 0.15) is 0 Å². The first kappa shape index (κ1) is 7.01. The van der Waals surface area contributed by atoms with Crippen molar-refractivity contribution in [2.75, 3.05) is 7.11 Å². The molecule has 2 N–H and O–H groups in total. The van der Waals surface area contributed by atoms with Gasteiger partial charge in [0.25, 0.3) is 0 Å². The average Bonchev–Trinajstić information content (AvgIpc) is 2.34. The molecule has 1 aromatic rings. The smallest absolute Gasteiger partial charge is 0.417 e. The highest BCUT2D eigenvalue weighted by Gasteiger charge is 2.08. The van der Waals surface area contributed by atoms with E-state index in [9.17, 15) is 0 Å². The number of hydrogen-bond acceptors (Lipinski definition) is 5. The van der Waals surface area contributed by atoms with Crippen LogP contribution < -0.4 is 10.5 Å². The zero-order valence-electron chi connectivity index (χ0n) is 5.87. The maximum absolute atomic E-state index is 5.44. The molecule has 0 saturated carbocycles. The van der Waals surface area contributed by atoms with Crippen LogP contribution in [-0.4, -0.2) is 17.3 Å². The van der Waals surface area contributed by atoms with Crippen LogP contribution in [-0.2, 0) is 0 Å². The molecule has 0 saturated heterocycles. The Labute approximate surface area is 58.2 Å². The van der Waals surface area contributed by atoms with E-state index in [0.717, 1.165) is 0 Å². The Morgan fingerprint density at radius 2 is 2.40 bits per heavy atom. The van der Waals surface area contributed by atoms with Gasteiger partial charge in [0.15, 0.2) is 5.82 Å². The molecule has 1 atom stereocenters. The summed E-state index contributed by atoms with van der Waals surface area (Å²) in [6, 6.07) is -0.215. The molecule has 0 aliphatic carbocycles. The van der Waals surface area contributed by atoms with Gasteiger partial charge in [0.05, 0.1) is 13.2 Å². The molecule has 56 valence electrons. The van der Waals surface area contributed by atoms with Crippen molar-refractivity contribution in [3.05, 3.63) is 5.82 Å². The van der Waals surface area contributed by atoms with Crippen molar-refractivity contribution in [3.8, 4) is 6.08 Å². The van der Waals surface area contributed by atoms with Gasteiger partial charge in [0.2, 0.25) is 0 Å². The van der Waals surface area contributed by atoms with Gasteiger partial charge in [0, 0.05) is 0 Å². The zero-order chi connectivity index (χ0) is 7.56. The Bertz CT molecular complexity index is 208. The fourth-order valence-electron chi connectivity index (χ4n) is 0.488. The predicted octanol–water partition coefficient (Wildman–Crippen LogP) is 0.0979. The Kier molecular flexibility index (Phi) is 1.86. The molecule has 1 rings (SSSR count). The molecule has 0 bridgehead atoms. The van der Waals surface area contributed by atoms with Crippen LogP contribution >= 0.6 is 0 Å². The largest absolute Gasteiger partial charge is 0.452 e. The summed E-state index contributed by atoms with van der Waals surface area (Å²) in [6.07, 6.45) is 0.146. The summed E-state index contributed by atoms with van der Waals surface area (Å²) < 4.78 is 9.26. The van der Waals surface area contributed by atoms with E-state index >= 15 is 0 Å². The van der Waals surface area contributed by atoms with Crippen molar-refractivity contribution < 1.29 is 9.26 Å². The van der Waals surface area contributed by atoms with Gasteiger partial charge < -0.3 is 10.5 Å². The van der Waals surface area contributed by atoms with Crippen LogP contribution in [0.5, 0.6) is 6.08 Å². The van der Waals surface area contributed by atoms with E-state index in [-0.39, 0.29) is 12.1 Å². The van der Waals surface area contributed by atoms with E-state index in [1.165, 1.54) is 7.11 Å². The maximum atomic E-state index is 5.44. The van der Waals surface area contributed by atoms with Crippen LogP contribution in [0.2, 0.25) is 0 Å². The highest BCUT2D eigenvalue weighted by atomic mass is 16.6. The number of hydrogen-bond donors (Lipinski definition) is 1. The summed E-state index contributed by atoms with van der Waals surface area (Å²) in [7, 11) is 1.46. The molecule has 1 aromatic heterocycles. The number of rotatable bonds is 2. The Morgan fingerprint density at radius 3 is 2.70 bits per heavy atom. The number of aromatic nitrogens is 2. The van der Waals surface area contributed by atoms with E-state index in [2.05, 4.69) is 19.4 Å². The van der Waals surface area contributed by atoms with Crippen LogP contribution in [0, 0.1) is 0 Å². The molecule has 0 aliphatic rings. The van der Waals surface area contributed by atoms with Crippen molar-refractivity contribution >= 4 is 0 Å². The van der Waals surface area contributed by atoms with Crippen molar-refractivity contribution in [1.82, 2.24) is 10.1 Å². The molecule has 0 aliphatic heterocycles. The number of nitrogens with two attached hydrogens (primary N) is 1. The van der Waals surface area contributed by atoms with E-state index in [0.29, 0.717) is 5.82 Å². The summed E-state index contributed by atoms with van der Waals surface area (Å²) in [5.74, 6) is 0.455. The van der Waals surface area contributed by atoms with E-state index < -0.39 is 0 Å². The van der Waals surface area contributed by atoms with Gasteiger partial charge in [-0.15, -0.1) is 0 Å². The minimum Gasteiger partial charge on any atom is -0.452 e. The average molecular weight is 143 g/mol. The summed E-state index contributed by atoms with van der Waals surface area (Å²) >= 11 is 0. The monoisotopic (exact) mass is 143 g/mol. The van der Waals surface area contributed by atoms with Crippen LogP contribution in [0.1, 0.15) is 18.8 Å². The molecular formula is C5H9N3O2. The fraction of sp³-hybridized carbons (Fsp3) is 0.600. The Hall–Kier alpha value is -1.10. The molecule has 0 aromatic carbocycles. The van der Waals surface area contributed by atoms with Crippen molar-refractivity contribution in [3.63, 3.8) is 0 Å². The van der Waals surface area contributed by atoms with Crippen LogP contribution in [0.3, 0.4) is 0 Å². The summed E-state index contributed by atoms with van der Waals surface area (Å²) in [4.78, 5) is 3.80. The lowest BCUT2D eigenvalue weighted by atomic mass is 10.3. The highest BCUT2D eigenvalue weighted by molar-refractivity contribution is 4.93. The molecule has 1 unspecified atom stereocenters. The molecule has 0 amide bonds. The Balaban J connectivity index is 2.78. The van der Waals surface area contributed by atoms with Crippen LogP contribution in [0.15, 0.2) is 4.52 Å². The van der Waals surface area contributed by atoms with Gasteiger partial charge >= 0.3 is 6.08 Å². The maximum Gasteiger partial charge on any atom is 0.417 e. The third-order valence-electron chi connectivity index (χ3n) is 1.00. The van der Waals surface area contributed by atoms with Gasteiger partial charge in [-0.2, -0.15) is 4.98 Å². The minimum atomic E-state index is -0.215. The van der Waals surface area contributed by atoms with Gasteiger partial charge in [-0.3, -0.25) is 4.52 Å². The normalized spacial score (nSPS) is 13.1. The van der Waals surface area contributed by atoms with Gasteiger partial charge in [-0.1, -0.05) is 5.16 Å². The van der Waals surface area contributed by atoms with Gasteiger partial charge in [-0.25, -0.2) is 0 Å². The molecule has 0 radical (unpaired) electrons. The van der Waals surface area contributed by atoms with E-state index in [4.69, 9.17) is 5.73 Å². The summed E-state index contributed by atoms with van der Waals surface area (Å²) in [6.45, 7) is 1.77. The molecule has 0 spiro atoms. The standard InChI is InChI=1S/C5H9N3O2/c1-3(6)4-7-5(9-2)10-8-4/h3H,6H2,1-2H3. The second kappa shape index (κ2) is 2.66. The number of nitrogens with zero attached hydrogens (tertiary/aromatic N) is 2. The van der Waals surface area contributed by atoms with Crippen molar-refractivity contribution in [2.45, 2.75) is 13.0 Å². The first-order valence-corrected chi connectivity index (χ1v) is 2.87. The van der Waals surface area contributed by atoms with Crippen molar-refractivity contribution in [2.24, 2.45) is 5.73 Å². The number of methoxy groups -OCH3 is 1. The quantitative estimate of drug-likeness (QED) is 0.635. The lowest BCUT2D eigenvalue weighted by molar-refractivity contribution is 0.249. The van der Waals surface area contributed by atoms with E-state index in [1.807, 2.05) is 0 Å². The topological polar surface area (TPSA) is 74.2 Å². The second-order valence-electron chi connectivity index (χ2n) is 1.91. The lowest BCUT2D eigenvalue weighted by Gasteiger charge is -1.92. The summed E-state index contributed by atoms with van der Waals surface area (Å²) in [5, 5.41) is 3.55. The third-order valence-corrected chi connectivity index (χ3v) is 1.00. The van der Waals surface area contributed by atoms with E-state index in [1.54, 1.807) is 6.92 Å². The van der Waals surface area contributed by atoms with Crippen LogP contribution in [0.25, 0.3) is 0 Å². The van der Waals surface area contributed by atoms with Gasteiger partial charge in [-0.05, 0) is 6.92 Å². The Morgan fingerprint density at radius 1 is 1.70 bits per heavy atom. The SMILES string of the molecule is COc1nc(C(C)N)no1. The minimum absolute atomic E-state index is 0.146. The first-order chi connectivity index (χ1) is 4.74. The molecular weight excluding hydrogens is 134 g/mol. The predicted molar refractivity (Wildman–Crippen MR) is 33.5 cm³/mol. The van der Waals surface area contributed by atoms with Crippen LogP contribution in [0.4, 0.5) is 0 Å². The molecule has 5 nitrogen and oxygen atoms in total. The van der Waals surface area contributed by atoms with Crippen molar-refractivity contribution in [1.29, 1.82) is 0 Å². The molecule has 0 fully saturated rings. The third kappa shape index (κ3) is 1.24. The fourth-order valence-corrected chi connectivity index (χ4v) is 0.488. The molecule has 5 heteroatoms. The lowest BCUT2D eigenvalue weighted by Crippen LogP contribution is -2.06. The molecule has 1 heterocycles. The summed E-state index contributed by atoms with van der Waals surface area (Å²) in [5.41, 5.74) is 5.44. The second-order valence-corrected chi connectivity index (χ2v) is 1.91. The zero-order valence-corrected chi connectivity index (χ0v) is 5.87. The highest BCUT2D eigenvalue weighted by Crippen LogP contribution is 2.09. The number of ether oxygens (including phenoxy) is 1. The first-order valence-electron chi connectivity index (χ1n) is 2.87.